The van der Waals surface area contributed by atoms with Crippen LogP contribution in [-0.4, -0.2) is 24.7 Å². The van der Waals surface area contributed by atoms with Gasteiger partial charge in [-0.3, -0.25) is 4.79 Å². The Morgan fingerprint density at radius 3 is 2.46 bits per heavy atom. The number of benzene rings is 1. The van der Waals surface area contributed by atoms with Crippen LogP contribution >= 0.6 is 0 Å². The molecule has 28 heavy (non-hydrogen) atoms. The van der Waals surface area contributed by atoms with Crippen molar-refractivity contribution in [1.82, 2.24) is 14.5 Å². The Morgan fingerprint density at radius 1 is 1.11 bits per heavy atom. The molecule has 0 spiro atoms. The molecular weight excluding hydrogens is 395 g/mol. The molecule has 0 saturated carbocycles. The third-order valence-corrected chi connectivity index (χ3v) is 5.91. The van der Waals surface area contributed by atoms with Gasteiger partial charge >= 0.3 is 6.18 Å². The molecule has 152 valence electrons. The van der Waals surface area contributed by atoms with Crippen LogP contribution in [-0.2, 0) is 41.3 Å². The monoisotopic (exact) mass is 415 g/mol. The van der Waals surface area contributed by atoms with E-state index in [-0.39, 0.29) is 24.2 Å². The number of aryl methyl sites for hydroxylation is 2. The van der Waals surface area contributed by atoms with Gasteiger partial charge in [0.1, 0.15) is 0 Å². The van der Waals surface area contributed by atoms with Crippen LogP contribution < -0.4 is 10.3 Å². The van der Waals surface area contributed by atoms with Crippen LogP contribution in [0, 0.1) is 0 Å². The Hall–Kier alpha value is -2.20. The maximum atomic E-state index is 12.6. The first-order chi connectivity index (χ1) is 13.1. The van der Waals surface area contributed by atoms with E-state index >= 15 is 0 Å². The fourth-order valence-electron chi connectivity index (χ4n) is 3.13. The molecule has 1 aromatic carbocycles. The van der Waals surface area contributed by atoms with Gasteiger partial charge in [0.25, 0.3) is 5.56 Å². The van der Waals surface area contributed by atoms with Crippen LogP contribution in [0.2, 0.25) is 0 Å². The minimum Gasteiger partial charge on any atom is -0.268 e. The summed E-state index contributed by atoms with van der Waals surface area (Å²) in [6, 6.07) is 5.52. The summed E-state index contributed by atoms with van der Waals surface area (Å²) in [5, 5.41) is 4.31. The van der Waals surface area contributed by atoms with Crippen molar-refractivity contribution in [2.75, 3.05) is 6.54 Å². The standard InChI is InChI=1S/C18H20F3N3O3S/c19-18(20,21)15-7-5-13(6-8-15)12-28(26,27)22-9-10-24-17(25)11-14-3-1-2-4-16(14)23-24/h5-8,11,22H,1-4,9-10,12H2. The zero-order valence-corrected chi connectivity index (χ0v) is 15.8. The van der Waals surface area contributed by atoms with Crippen molar-refractivity contribution in [3.63, 3.8) is 0 Å². The van der Waals surface area contributed by atoms with E-state index in [4.69, 9.17) is 0 Å². The predicted octanol–water partition coefficient (Wildman–Crippen LogP) is 2.26. The molecule has 1 heterocycles. The fourth-order valence-corrected chi connectivity index (χ4v) is 4.26. The van der Waals surface area contributed by atoms with Gasteiger partial charge in [-0.15, -0.1) is 0 Å². The molecule has 1 aromatic heterocycles. The highest BCUT2D eigenvalue weighted by molar-refractivity contribution is 7.88. The summed E-state index contributed by atoms with van der Waals surface area (Å²) in [6.07, 6.45) is -0.794. The van der Waals surface area contributed by atoms with Crippen molar-refractivity contribution in [2.24, 2.45) is 0 Å². The summed E-state index contributed by atoms with van der Waals surface area (Å²) in [6.45, 7) is 0.0486. The molecule has 0 unspecified atom stereocenters. The number of nitrogens with zero attached hydrogens (tertiary/aromatic N) is 2. The molecule has 1 aliphatic carbocycles. The van der Waals surface area contributed by atoms with E-state index < -0.39 is 27.5 Å². The fraction of sp³-hybridized carbons (Fsp3) is 0.444. The van der Waals surface area contributed by atoms with E-state index in [0.29, 0.717) is 0 Å². The predicted molar refractivity (Wildman–Crippen MR) is 97.2 cm³/mol. The normalized spacial score (nSPS) is 14.7. The number of hydrogen-bond acceptors (Lipinski definition) is 4. The first-order valence-corrected chi connectivity index (χ1v) is 10.5. The second kappa shape index (κ2) is 8.04. The van der Waals surface area contributed by atoms with Crippen molar-refractivity contribution in [2.45, 2.75) is 44.2 Å². The SMILES string of the molecule is O=c1cc2c(nn1CCNS(=O)(=O)Cc1ccc(C(F)(F)F)cc1)CCCC2. The average Bonchev–Trinajstić information content (AvgIpc) is 2.61. The van der Waals surface area contributed by atoms with Gasteiger partial charge in [-0.25, -0.2) is 17.8 Å². The first-order valence-electron chi connectivity index (χ1n) is 8.87. The van der Waals surface area contributed by atoms with E-state index in [1.54, 1.807) is 6.07 Å². The molecule has 0 saturated heterocycles. The van der Waals surface area contributed by atoms with Crippen molar-refractivity contribution in [3.8, 4) is 0 Å². The van der Waals surface area contributed by atoms with Crippen LogP contribution in [0.4, 0.5) is 13.2 Å². The number of hydrogen-bond donors (Lipinski definition) is 1. The van der Waals surface area contributed by atoms with Gasteiger partial charge in [0.15, 0.2) is 0 Å². The molecule has 0 atom stereocenters. The lowest BCUT2D eigenvalue weighted by Crippen LogP contribution is -2.33. The van der Waals surface area contributed by atoms with E-state index in [9.17, 15) is 26.4 Å². The highest BCUT2D eigenvalue weighted by Gasteiger charge is 2.30. The molecule has 0 bridgehead atoms. The number of sulfonamides is 1. The highest BCUT2D eigenvalue weighted by Crippen LogP contribution is 2.29. The summed E-state index contributed by atoms with van der Waals surface area (Å²) in [7, 11) is -3.76. The number of rotatable bonds is 6. The quantitative estimate of drug-likeness (QED) is 0.785. The molecule has 1 aliphatic rings. The molecule has 0 aliphatic heterocycles. The van der Waals surface area contributed by atoms with Crippen LogP contribution in [0.3, 0.4) is 0 Å². The minimum atomic E-state index is -4.47. The summed E-state index contributed by atoms with van der Waals surface area (Å²) in [5.74, 6) is -0.447. The third kappa shape index (κ3) is 5.20. The molecule has 6 nitrogen and oxygen atoms in total. The Bertz CT molecular complexity index is 999. The van der Waals surface area contributed by atoms with Crippen molar-refractivity contribution in [3.05, 3.63) is 63.1 Å². The maximum absolute atomic E-state index is 12.6. The number of halogens is 3. The van der Waals surface area contributed by atoms with Gasteiger partial charge in [0.05, 0.1) is 23.6 Å². The van der Waals surface area contributed by atoms with E-state index in [1.807, 2.05) is 0 Å². The number of fused-ring (bicyclic) bond motifs is 1. The van der Waals surface area contributed by atoms with Gasteiger partial charge < -0.3 is 0 Å². The van der Waals surface area contributed by atoms with Crippen molar-refractivity contribution < 1.29 is 21.6 Å². The van der Waals surface area contributed by atoms with Gasteiger partial charge in [-0.1, -0.05) is 12.1 Å². The molecule has 2 aromatic rings. The summed E-state index contributed by atoms with van der Waals surface area (Å²) >= 11 is 0. The molecular formula is C18H20F3N3O3S. The smallest absolute Gasteiger partial charge is 0.268 e. The molecule has 0 radical (unpaired) electrons. The lowest BCUT2D eigenvalue weighted by atomic mass is 9.97. The Kier molecular flexibility index (Phi) is 5.90. The number of nitrogens with one attached hydrogen (secondary N) is 1. The van der Waals surface area contributed by atoms with E-state index in [1.165, 1.54) is 4.68 Å². The number of alkyl halides is 3. The molecule has 0 amide bonds. The second-order valence-electron chi connectivity index (χ2n) is 6.73. The van der Waals surface area contributed by atoms with Gasteiger partial charge in [-0.2, -0.15) is 18.3 Å². The zero-order valence-electron chi connectivity index (χ0n) is 15.0. The highest BCUT2D eigenvalue weighted by atomic mass is 32.2. The maximum Gasteiger partial charge on any atom is 0.416 e. The molecule has 3 rings (SSSR count). The second-order valence-corrected chi connectivity index (χ2v) is 8.54. The van der Waals surface area contributed by atoms with Crippen LogP contribution in [0.15, 0.2) is 35.1 Å². The van der Waals surface area contributed by atoms with E-state index in [2.05, 4.69) is 9.82 Å². The van der Waals surface area contributed by atoms with Crippen LogP contribution in [0.5, 0.6) is 0 Å². The summed E-state index contributed by atoms with van der Waals surface area (Å²) in [4.78, 5) is 12.1. The van der Waals surface area contributed by atoms with Gasteiger partial charge in [0, 0.05) is 12.6 Å². The molecule has 10 heteroatoms. The van der Waals surface area contributed by atoms with Gasteiger partial charge in [-0.05, 0) is 48.9 Å². The average molecular weight is 415 g/mol. The first kappa shape index (κ1) is 20.5. The van der Waals surface area contributed by atoms with Gasteiger partial charge in [0.2, 0.25) is 10.0 Å². The largest absolute Gasteiger partial charge is 0.416 e. The topological polar surface area (TPSA) is 81.1 Å². The van der Waals surface area contributed by atoms with E-state index in [0.717, 1.165) is 61.2 Å². The summed E-state index contributed by atoms with van der Waals surface area (Å²) in [5.41, 5.74) is 0.959. The minimum absolute atomic E-state index is 0.0331. The lowest BCUT2D eigenvalue weighted by molar-refractivity contribution is -0.137. The molecule has 0 fully saturated rings. The van der Waals surface area contributed by atoms with Crippen LogP contribution in [0.1, 0.15) is 35.2 Å². The summed E-state index contributed by atoms with van der Waals surface area (Å²) < 4.78 is 65.6. The zero-order chi connectivity index (χ0) is 20.4. The Morgan fingerprint density at radius 2 is 1.79 bits per heavy atom. The number of aromatic nitrogens is 2. The van der Waals surface area contributed by atoms with Crippen molar-refractivity contribution >= 4 is 10.0 Å². The third-order valence-electron chi connectivity index (χ3n) is 4.56. The van der Waals surface area contributed by atoms with Crippen LogP contribution in [0.25, 0.3) is 0 Å². The lowest BCUT2D eigenvalue weighted by Gasteiger charge is -2.16. The Labute approximate surface area is 160 Å². The molecule has 1 N–H and O–H groups in total. The Balaban J connectivity index is 1.59. The van der Waals surface area contributed by atoms with Crippen molar-refractivity contribution in [1.29, 1.82) is 0 Å².